The molecule has 1 aromatic heterocycles. The van der Waals surface area contributed by atoms with Gasteiger partial charge >= 0.3 is 0 Å². The Morgan fingerprint density at radius 1 is 1.35 bits per heavy atom. The molecule has 6 heteroatoms. The number of hydrogen-bond acceptors (Lipinski definition) is 5. The average molecular weight is 275 g/mol. The standard InChI is InChI=1S/C14H14FN3O2/c1-19-13-11(15)8-16-14(17-13)18-6-7-20-12-5-3-2-4-10(12)9-18/h2-5,8H,6-7,9H2,1H3. The van der Waals surface area contributed by atoms with E-state index in [0.29, 0.717) is 25.6 Å². The lowest BCUT2D eigenvalue weighted by atomic mass is 10.2. The maximum Gasteiger partial charge on any atom is 0.255 e. The third-order valence-electron chi connectivity index (χ3n) is 3.13. The molecule has 1 aliphatic rings. The number of ether oxygens (including phenoxy) is 2. The zero-order chi connectivity index (χ0) is 13.9. The molecule has 3 rings (SSSR count). The smallest absolute Gasteiger partial charge is 0.255 e. The van der Waals surface area contributed by atoms with Crippen LogP contribution >= 0.6 is 0 Å². The molecule has 1 aromatic carbocycles. The van der Waals surface area contributed by atoms with Crippen LogP contribution in [0.4, 0.5) is 10.3 Å². The van der Waals surface area contributed by atoms with E-state index in [1.807, 2.05) is 29.2 Å². The maximum absolute atomic E-state index is 13.4. The number of fused-ring (bicyclic) bond motifs is 1. The summed E-state index contributed by atoms with van der Waals surface area (Å²) in [6.45, 7) is 1.77. The zero-order valence-corrected chi connectivity index (χ0v) is 11.0. The van der Waals surface area contributed by atoms with Gasteiger partial charge in [-0.05, 0) is 6.07 Å². The van der Waals surface area contributed by atoms with Crippen molar-refractivity contribution in [3.63, 3.8) is 0 Å². The molecule has 0 bridgehead atoms. The Bertz CT molecular complexity index is 621. The second-order valence-electron chi connectivity index (χ2n) is 4.40. The lowest BCUT2D eigenvalue weighted by Crippen LogP contribution is -2.27. The van der Waals surface area contributed by atoms with Gasteiger partial charge in [0.05, 0.1) is 19.9 Å². The molecule has 104 valence electrons. The summed E-state index contributed by atoms with van der Waals surface area (Å²) in [6, 6.07) is 7.82. The van der Waals surface area contributed by atoms with E-state index in [0.717, 1.165) is 17.5 Å². The number of halogens is 1. The Labute approximate surface area is 116 Å². The Balaban J connectivity index is 1.91. The average Bonchev–Trinajstić information content (AvgIpc) is 2.70. The highest BCUT2D eigenvalue weighted by atomic mass is 19.1. The van der Waals surface area contributed by atoms with Gasteiger partial charge in [0.25, 0.3) is 5.88 Å². The summed E-state index contributed by atoms with van der Waals surface area (Å²) in [5, 5.41) is 0. The summed E-state index contributed by atoms with van der Waals surface area (Å²) in [6.07, 6.45) is 1.12. The van der Waals surface area contributed by atoms with Crippen molar-refractivity contribution >= 4 is 5.95 Å². The first-order valence-electron chi connectivity index (χ1n) is 6.30. The van der Waals surface area contributed by atoms with Crippen molar-refractivity contribution in [3.8, 4) is 11.6 Å². The first kappa shape index (κ1) is 12.7. The van der Waals surface area contributed by atoms with Crippen LogP contribution in [0.3, 0.4) is 0 Å². The Morgan fingerprint density at radius 3 is 3.05 bits per heavy atom. The minimum absolute atomic E-state index is 0.0477. The van der Waals surface area contributed by atoms with Crippen molar-refractivity contribution in [3.05, 3.63) is 41.8 Å². The fourth-order valence-electron chi connectivity index (χ4n) is 2.13. The summed E-state index contributed by atoms with van der Waals surface area (Å²) in [5.41, 5.74) is 1.05. The van der Waals surface area contributed by atoms with Gasteiger partial charge < -0.3 is 14.4 Å². The fraction of sp³-hybridized carbons (Fsp3) is 0.286. The third kappa shape index (κ3) is 2.36. The molecule has 0 fully saturated rings. The molecule has 1 aliphatic heterocycles. The molecular weight excluding hydrogens is 261 g/mol. The van der Waals surface area contributed by atoms with Crippen LogP contribution in [0.25, 0.3) is 0 Å². The van der Waals surface area contributed by atoms with Gasteiger partial charge in [-0.1, -0.05) is 18.2 Å². The van der Waals surface area contributed by atoms with Crippen molar-refractivity contribution in [2.45, 2.75) is 6.54 Å². The van der Waals surface area contributed by atoms with Crippen LogP contribution in [0.15, 0.2) is 30.5 Å². The predicted octanol–water partition coefficient (Wildman–Crippen LogP) is 2.02. The topological polar surface area (TPSA) is 47.5 Å². The normalized spacial score (nSPS) is 14.2. The predicted molar refractivity (Wildman–Crippen MR) is 71.5 cm³/mol. The number of benzene rings is 1. The Hall–Kier alpha value is -2.37. The Kier molecular flexibility index (Phi) is 3.37. The first-order chi connectivity index (χ1) is 9.78. The van der Waals surface area contributed by atoms with Gasteiger partial charge in [-0.25, -0.2) is 4.98 Å². The monoisotopic (exact) mass is 275 g/mol. The minimum atomic E-state index is -0.567. The van der Waals surface area contributed by atoms with E-state index in [4.69, 9.17) is 9.47 Å². The SMILES string of the molecule is COc1nc(N2CCOc3ccccc3C2)ncc1F. The minimum Gasteiger partial charge on any atom is -0.491 e. The van der Waals surface area contributed by atoms with E-state index in [9.17, 15) is 4.39 Å². The summed E-state index contributed by atoms with van der Waals surface area (Å²) in [5.74, 6) is 0.684. The van der Waals surface area contributed by atoms with Gasteiger partial charge in [-0.15, -0.1) is 0 Å². The van der Waals surface area contributed by atoms with Crippen LogP contribution in [0.2, 0.25) is 0 Å². The Morgan fingerprint density at radius 2 is 2.20 bits per heavy atom. The highest BCUT2D eigenvalue weighted by molar-refractivity contribution is 5.41. The summed E-state index contributed by atoms with van der Waals surface area (Å²) in [4.78, 5) is 10.1. The molecule has 0 amide bonds. The number of para-hydroxylation sites is 1. The van der Waals surface area contributed by atoms with E-state index in [1.165, 1.54) is 7.11 Å². The lowest BCUT2D eigenvalue weighted by Gasteiger charge is -2.19. The highest BCUT2D eigenvalue weighted by Gasteiger charge is 2.18. The van der Waals surface area contributed by atoms with Crippen molar-refractivity contribution < 1.29 is 13.9 Å². The molecule has 0 atom stereocenters. The maximum atomic E-state index is 13.4. The number of aromatic nitrogens is 2. The number of methoxy groups -OCH3 is 1. The number of anilines is 1. The molecule has 2 heterocycles. The molecule has 0 radical (unpaired) electrons. The van der Waals surface area contributed by atoms with E-state index in [2.05, 4.69) is 9.97 Å². The molecule has 5 nitrogen and oxygen atoms in total. The number of hydrogen-bond donors (Lipinski definition) is 0. The molecule has 20 heavy (non-hydrogen) atoms. The highest BCUT2D eigenvalue weighted by Crippen LogP contribution is 2.25. The first-order valence-corrected chi connectivity index (χ1v) is 6.30. The second-order valence-corrected chi connectivity index (χ2v) is 4.40. The quantitative estimate of drug-likeness (QED) is 0.839. The van der Waals surface area contributed by atoms with E-state index >= 15 is 0 Å². The van der Waals surface area contributed by atoms with E-state index < -0.39 is 5.82 Å². The van der Waals surface area contributed by atoms with Crippen LogP contribution in [0.5, 0.6) is 11.6 Å². The van der Waals surface area contributed by atoms with Crippen LogP contribution in [-0.4, -0.2) is 30.2 Å². The van der Waals surface area contributed by atoms with Crippen molar-refractivity contribution in [2.75, 3.05) is 25.2 Å². The van der Waals surface area contributed by atoms with Gasteiger partial charge in [0.15, 0.2) is 0 Å². The van der Waals surface area contributed by atoms with Crippen LogP contribution < -0.4 is 14.4 Å². The lowest BCUT2D eigenvalue weighted by molar-refractivity contribution is 0.330. The number of nitrogens with zero attached hydrogens (tertiary/aromatic N) is 3. The van der Waals surface area contributed by atoms with Gasteiger partial charge in [-0.2, -0.15) is 9.37 Å². The molecule has 0 N–H and O–H groups in total. The molecule has 0 saturated carbocycles. The second kappa shape index (κ2) is 5.32. The van der Waals surface area contributed by atoms with Crippen molar-refractivity contribution in [2.24, 2.45) is 0 Å². The van der Waals surface area contributed by atoms with Gasteiger partial charge in [-0.3, -0.25) is 0 Å². The van der Waals surface area contributed by atoms with Crippen LogP contribution in [0.1, 0.15) is 5.56 Å². The molecule has 0 aliphatic carbocycles. The van der Waals surface area contributed by atoms with Crippen molar-refractivity contribution in [1.82, 2.24) is 9.97 Å². The summed E-state index contributed by atoms with van der Waals surface area (Å²) >= 11 is 0. The zero-order valence-electron chi connectivity index (χ0n) is 11.0. The van der Waals surface area contributed by atoms with Gasteiger partial charge in [0.1, 0.15) is 12.4 Å². The molecule has 0 unspecified atom stereocenters. The van der Waals surface area contributed by atoms with Gasteiger partial charge in [0.2, 0.25) is 11.8 Å². The van der Waals surface area contributed by atoms with E-state index in [1.54, 1.807) is 0 Å². The molecule has 0 spiro atoms. The number of rotatable bonds is 2. The van der Waals surface area contributed by atoms with Crippen LogP contribution in [0, 0.1) is 5.82 Å². The largest absolute Gasteiger partial charge is 0.491 e. The third-order valence-corrected chi connectivity index (χ3v) is 3.13. The fourth-order valence-corrected chi connectivity index (χ4v) is 2.13. The van der Waals surface area contributed by atoms with Crippen molar-refractivity contribution in [1.29, 1.82) is 0 Å². The molecule has 2 aromatic rings. The molecule has 0 saturated heterocycles. The summed E-state index contributed by atoms with van der Waals surface area (Å²) in [7, 11) is 1.38. The molecular formula is C14H14FN3O2. The summed E-state index contributed by atoms with van der Waals surface area (Å²) < 4.78 is 23.9. The van der Waals surface area contributed by atoms with Gasteiger partial charge in [0, 0.05) is 12.1 Å². The van der Waals surface area contributed by atoms with E-state index in [-0.39, 0.29) is 5.88 Å². The van der Waals surface area contributed by atoms with Crippen LogP contribution in [-0.2, 0) is 6.54 Å².